The molecule has 2 rings (SSSR count). The van der Waals surface area contributed by atoms with Crippen LogP contribution in [0.1, 0.15) is 13.3 Å². The first-order chi connectivity index (χ1) is 8.27. The van der Waals surface area contributed by atoms with Gasteiger partial charge in [0.25, 0.3) is 0 Å². The molecule has 17 heavy (non-hydrogen) atoms. The molecular weight excluding hydrogens is 219 g/mol. The Morgan fingerprint density at radius 3 is 2.59 bits per heavy atom. The zero-order chi connectivity index (χ0) is 12.3. The highest BCUT2D eigenvalue weighted by atomic mass is 19.1. The molecule has 0 saturated carbocycles. The Bertz CT molecular complexity index is 523. The Kier molecular flexibility index (Phi) is 3.47. The van der Waals surface area contributed by atoms with E-state index in [9.17, 15) is 4.39 Å². The summed E-state index contributed by atoms with van der Waals surface area (Å²) in [4.78, 5) is 0. The van der Waals surface area contributed by atoms with E-state index in [0.717, 1.165) is 11.8 Å². The van der Waals surface area contributed by atoms with Crippen molar-refractivity contribution in [3.8, 4) is 11.5 Å². The summed E-state index contributed by atoms with van der Waals surface area (Å²) in [5, 5.41) is 1.30. The Balaban J connectivity index is 2.54. The van der Waals surface area contributed by atoms with Crippen LogP contribution in [0.15, 0.2) is 30.3 Å². The van der Waals surface area contributed by atoms with Crippen LogP contribution in [0.5, 0.6) is 11.5 Å². The van der Waals surface area contributed by atoms with Gasteiger partial charge in [-0.3, -0.25) is 0 Å². The van der Waals surface area contributed by atoms with E-state index >= 15 is 0 Å². The lowest BCUT2D eigenvalue weighted by molar-refractivity contribution is 0.321. The number of hydrogen-bond acceptors (Lipinski definition) is 2. The van der Waals surface area contributed by atoms with Crippen LogP contribution >= 0.6 is 0 Å². The molecule has 2 nitrogen and oxygen atoms in total. The summed E-state index contributed by atoms with van der Waals surface area (Å²) in [6.07, 6.45) is 0.926. The van der Waals surface area contributed by atoms with Gasteiger partial charge in [0.15, 0.2) is 11.6 Å². The quantitative estimate of drug-likeness (QED) is 0.801. The minimum absolute atomic E-state index is 0.255. The Morgan fingerprint density at radius 2 is 1.88 bits per heavy atom. The fraction of sp³-hybridized carbons (Fsp3) is 0.286. The van der Waals surface area contributed by atoms with E-state index in [1.165, 1.54) is 7.11 Å². The van der Waals surface area contributed by atoms with E-state index in [1.807, 2.05) is 19.1 Å². The van der Waals surface area contributed by atoms with Crippen molar-refractivity contribution in [2.24, 2.45) is 0 Å². The van der Waals surface area contributed by atoms with Gasteiger partial charge in [-0.15, -0.1) is 0 Å². The molecule has 0 heterocycles. The number of benzene rings is 2. The van der Waals surface area contributed by atoms with Crippen LogP contribution in [0.3, 0.4) is 0 Å². The van der Waals surface area contributed by atoms with E-state index in [-0.39, 0.29) is 11.6 Å². The monoisotopic (exact) mass is 234 g/mol. The van der Waals surface area contributed by atoms with Crippen molar-refractivity contribution in [2.75, 3.05) is 13.7 Å². The SMILES string of the molecule is CCCOc1cccc2c(F)c(OC)ccc12. The highest BCUT2D eigenvalue weighted by Gasteiger charge is 2.10. The van der Waals surface area contributed by atoms with Gasteiger partial charge in [-0.2, -0.15) is 0 Å². The normalized spacial score (nSPS) is 10.5. The first kappa shape index (κ1) is 11.7. The standard InChI is InChI=1S/C14H15FO2/c1-3-9-17-12-6-4-5-11-10(12)7-8-13(16-2)14(11)15/h4-8H,3,9H2,1-2H3. The smallest absolute Gasteiger partial charge is 0.172 e. The molecule has 0 aliphatic heterocycles. The van der Waals surface area contributed by atoms with Crippen molar-refractivity contribution >= 4 is 10.8 Å². The van der Waals surface area contributed by atoms with Crippen molar-refractivity contribution in [1.29, 1.82) is 0 Å². The van der Waals surface area contributed by atoms with Crippen LogP contribution in [0.4, 0.5) is 4.39 Å². The molecule has 2 aromatic rings. The summed E-state index contributed by atoms with van der Waals surface area (Å²) in [6.45, 7) is 2.67. The molecule has 0 aromatic heterocycles. The number of methoxy groups -OCH3 is 1. The summed E-state index contributed by atoms with van der Waals surface area (Å²) in [5.41, 5.74) is 0. The molecule has 0 saturated heterocycles. The second kappa shape index (κ2) is 5.04. The second-order valence-electron chi connectivity index (χ2n) is 3.78. The van der Waals surface area contributed by atoms with E-state index in [0.29, 0.717) is 17.7 Å². The topological polar surface area (TPSA) is 18.5 Å². The zero-order valence-electron chi connectivity index (χ0n) is 10.00. The summed E-state index contributed by atoms with van der Waals surface area (Å²) >= 11 is 0. The van der Waals surface area contributed by atoms with E-state index in [4.69, 9.17) is 9.47 Å². The van der Waals surface area contributed by atoms with E-state index in [2.05, 4.69) is 0 Å². The summed E-state index contributed by atoms with van der Waals surface area (Å²) in [6, 6.07) is 8.81. The van der Waals surface area contributed by atoms with Crippen molar-refractivity contribution in [3.05, 3.63) is 36.1 Å². The third-order valence-electron chi connectivity index (χ3n) is 2.60. The maximum Gasteiger partial charge on any atom is 0.172 e. The molecule has 0 atom stereocenters. The largest absolute Gasteiger partial charge is 0.494 e. The molecule has 2 aromatic carbocycles. The molecular formula is C14H15FO2. The van der Waals surface area contributed by atoms with Crippen molar-refractivity contribution < 1.29 is 13.9 Å². The van der Waals surface area contributed by atoms with Crippen LogP contribution in [0.25, 0.3) is 10.8 Å². The maximum absolute atomic E-state index is 14.0. The summed E-state index contributed by atoms with van der Waals surface area (Å²) < 4.78 is 24.5. The fourth-order valence-electron chi connectivity index (χ4n) is 1.77. The van der Waals surface area contributed by atoms with Gasteiger partial charge >= 0.3 is 0 Å². The minimum atomic E-state index is -0.341. The van der Waals surface area contributed by atoms with Crippen molar-refractivity contribution in [1.82, 2.24) is 0 Å². The molecule has 0 spiro atoms. The van der Waals surface area contributed by atoms with Gasteiger partial charge in [-0.1, -0.05) is 19.1 Å². The number of fused-ring (bicyclic) bond motifs is 1. The molecule has 3 heteroatoms. The van der Waals surface area contributed by atoms with Crippen LogP contribution in [0.2, 0.25) is 0 Å². The molecule has 0 radical (unpaired) electrons. The Hall–Kier alpha value is -1.77. The lowest BCUT2D eigenvalue weighted by Gasteiger charge is -2.10. The molecule has 0 unspecified atom stereocenters. The van der Waals surface area contributed by atoms with Gasteiger partial charge in [-0.05, 0) is 24.6 Å². The minimum Gasteiger partial charge on any atom is -0.494 e. The van der Waals surface area contributed by atoms with E-state index in [1.54, 1.807) is 18.2 Å². The Morgan fingerprint density at radius 1 is 1.06 bits per heavy atom. The predicted molar refractivity (Wildman–Crippen MR) is 66.2 cm³/mol. The van der Waals surface area contributed by atoms with Crippen molar-refractivity contribution in [2.45, 2.75) is 13.3 Å². The molecule has 0 aliphatic rings. The van der Waals surface area contributed by atoms with Gasteiger partial charge in [0.05, 0.1) is 13.7 Å². The average molecular weight is 234 g/mol. The third-order valence-corrected chi connectivity index (χ3v) is 2.60. The summed E-state index contributed by atoms with van der Waals surface area (Å²) in [5.74, 6) is 0.628. The lowest BCUT2D eigenvalue weighted by atomic mass is 10.1. The second-order valence-corrected chi connectivity index (χ2v) is 3.78. The Labute approximate surface area is 100.0 Å². The molecule has 0 fully saturated rings. The third kappa shape index (κ3) is 2.18. The number of rotatable bonds is 4. The molecule has 0 bridgehead atoms. The van der Waals surface area contributed by atoms with Crippen LogP contribution in [-0.2, 0) is 0 Å². The zero-order valence-corrected chi connectivity index (χ0v) is 10.00. The highest BCUT2D eigenvalue weighted by Crippen LogP contribution is 2.32. The molecule has 0 amide bonds. The lowest BCUT2D eigenvalue weighted by Crippen LogP contribution is -1.96. The van der Waals surface area contributed by atoms with Gasteiger partial charge in [0, 0.05) is 10.8 Å². The predicted octanol–water partition coefficient (Wildman–Crippen LogP) is 3.78. The van der Waals surface area contributed by atoms with Gasteiger partial charge in [0.2, 0.25) is 0 Å². The van der Waals surface area contributed by atoms with Crippen LogP contribution in [0, 0.1) is 5.82 Å². The first-order valence-electron chi connectivity index (χ1n) is 5.66. The van der Waals surface area contributed by atoms with Crippen molar-refractivity contribution in [3.63, 3.8) is 0 Å². The fourth-order valence-corrected chi connectivity index (χ4v) is 1.77. The first-order valence-corrected chi connectivity index (χ1v) is 5.66. The highest BCUT2D eigenvalue weighted by molar-refractivity contribution is 5.90. The van der Waals surface area contributed by atoms with Gasteiger partial charge in [-0.25, -0.2) is 4.39 Å². The van der Waals surface area contributed by atoms with Crippen LogP contribution < -0.4 is 9.47 Å². The number of ether oxygens (including phenoxy) is 2. The van der Waals surface area contributed by atoms with Crippen LogP contribution in [-0.4, -0.2) is 13.7 Å². The maximum atomic E-state index is 14.0. The van der Waals surface area contributed by atoms with Gasteiger partial charge < -0.3 is 9.47 Å². The average Bonchev–Trinajstić information content (AvgIpc) is 2.37. The molecule has 90 valence electrons. The molecule has 0 N–H and O–H groups in total. The van der Waals surface area contributed by atoms with E-state index < -0.39 is 0 Å². The number of halogens is 1. The molecule has 0 aliphatic carbocycles. The summed E-state index contributed by atoms with van der Waals surface area (Å²) in [7, 11) is 1.46. The number of hydrogen-bond donors (Lipinski definition) is 0. The van der Waals surface area contributed by atoms with Gasteiger partial charge in [0.1, 0.15) is 5.75 Å².